The van der Waals surface area contributed by atoms with Crippen LogP contribution in [-0.2, 0) is 13.8 Å². The summed E-state index contributed by atoms with van der Waals surface area (Å²) < 4.78 is 23.7. The van der Waals surface area contributed by atoms with Gasteiger partial charge in [-0.15, -0.1) is 0 Å². The first-order chi connectivity index (χ1) is 13.9. The average Bonchev–Trinajstić information content (AvgIpc) is 3.28. The van der Waals surface area contributed by atoms with Crippen molar-refractivity contribution in [1.29, 1.82) is 0 Å². The number of benzene rings is 1. The number of imidazole rings is 1. The van der Waals surface area contributed by atoms with Crippen LogP contribution in [0.15, 0.2) is 41.4 Å². The van der Waals surface area contributed by atoms with E-state index in [-0.39, 0.29) is 12.8 Å². The van der Waals surface area contributed by atoms with Gasteiger partial charge in [-0.1, -0.05) is 36.4 Å². The molecule has 4 rings (SSSR count). The molecule has 152 valence electrons. The van der Waals surface area contributed by atoms with Crippen LogP contribution in [0.4, 0.5) is 0 Å². The lowest BCUT2D eigenvalue weighted by molar-refractivity contribution is -0.0215. The molecule has 1 aliphatic rings. The summed E-state index contributed by atoms with van der Waals surface area (Å²) in [6.45, 7) is -0.176. The number of hydrogen-bond acceptors (Lipinski definition) is 6. The highest BCUT2D eigenvalue weighted by molar-refractivity contribution is 9.10. The fraction of sp³-hybridized carbons (Fsp3) is 0.278. The molecule has 0 saturated carbocycles. The minimum Gasteiger partial charge on any atom is -0.352 e. The second-order valence-electron chi connectivity index (χ2n) is 6.50. The number of ether oxygens (including phenoxy) is 1. The third kappa shape index (κ3) is 4.80. The molecule has 29 heavy (non-hydrogen) atoms. The van der Waals surface area contributed by atoms with E-state index in [0.717, 1.165) is 5.56 Å². The Hall–Kier alpha value is -1.94. The third-order valence-electron chi connectivity index (χ3n) is 4.50. The summed E-state index contributed by atoms with van der Waals surface area (Å²) in [7, 11) is -4.52. The van der Waals surface area contributed by atoms with E-state index in [4.69, 9.17) is 14.5 Å². The molecule has 1 aromatic carbocycles. The molecule has 0 radical (unpaired) electrons. The van der Waals surface area contributed by atoms with Crippen molar-refractivity contribution >= 4 is 47.1 Å². The van der Waals surface area contributed by atoms with Gasteiger partial charge in [0.15, 0.2) is 10.4 Å². The Bertz CT molecular complexity index is 1080. The van der Waals surface area contributed by atoms with E-state index in [2.05, 4.69) is 35.4 Å². The Labute approximate surface area is 174 Å². The van der Waals surface area contributed by atoms with E-state index in [1.54, 1.807) is 0 Å². The molecule has 3 aromatic rings. The summed E-state index contributed by atoms with van der Waals surface area (Å²) >= 11 is 3.46. The van der Waals surface area contributed by atoms with Crippen LogP contribution in [0, 0.1) is 0 Å². The molecular formula is C18H18BrN4O5P. The average molecular weight is 481 g/mol. The Balaban J connectivity index is 1.58. The molecule has 1 fully saturated rings. The van der Waals surface area contributed by atoms with Gasteiger partial charge in [-0.2, -0.15) is 0 Å². The predicted molar refractivity (Wildman–Crippen MR) is 110 cm³/mol. The van der Waals surface area contributed by atoms with Gasteiger partial charge in [-0.05, 0) is 40.4 Å². The number of phosphoric ester groups is 1. The second kappa shape index (κ2) is 8.43. The maximum Gasteiger partial charge on any atom is 0.469 e. The number of aromatic nitrogens is 4. The lowest BCUT2D eigenvalue weighted by Gasteiger charge is -2.16. The van der Waals surface area contributed by atoms with Crippen molar-refractivity contribution in [3.8, 4) is 0 Å². The van der Waals surface area contributed by atoms with Gasteiger partial charge in [-0.3, -0.25) is 9.09 Å². The van der Waals surface area contributed by atoms with Crippen LogP contribution in [0.25, 0.3) is 23.3 Å². The zero-order valence-electron chi connectivity index (χ0n) is 15.1. The minimum absolute atomic E-state index is 0.176. The zero-order chi connectivity index (χ0) is 20.4. The Kier molecular flexibility index (Phi) is 5.91. The Morgan fingerprint density at radius 3 is 2.79 bits per heavy atom. The van der Waals surface area contributed by atoms with E-state index >= 15 is 0 Å². The van der Waals surface area contributed by atoms with E-state index in [0.29, 0.717) is 34.4 Å². The van der Waals surface area contributed by atoms with Gasteiger partial charge in [0.25, 0.3) is 0 Å². The Morgan fingerprint density at radius 1 is 1.24 bits per heavy atom. The van der Waals surface area contributed by atoms with Gasteiger partial charge in [0.2, 0.25) is 0 Å². The minimum atomic E-state index is -4.52. The molecule has 1 saturated heterocycles. The van der Waals surface area contributed by atoms with Crippen molar-refractivity contribution in [1.82, 2.24) is 19.5 Å². The van der Waals surface area contributed by atoms with Crippen molar-refractivity contribution in [2.75, 3.05) is 6.61 Å². The molecule has 0 aliphatic carbocycles. The predicted octanol–water partition coefficient (Wildman–Crippen LogP) is 3.55. The van der Waals surface area contributed by atoms with Crippen LogP contribution in [0.3, 0.4) is 0 Å². The number of rotatable bonds is 6. The number of halogens is 1. The van der Waals surface area contributed by atoms with Crippen LogP contribution in [-0.4, -0.2) is 42.0 Å². The monoisotopic (exact) mass is 480 g/mol. The van der Waals surface area contributed by atoms with Crippen LogP contribution in [0.2, 0.25) is 0 Å². The first-order valence-corrected chi connectivity index (χ1v) is 11.2. The van der Waals surface area contributed by atoms with Crippen molar-refractivity contribution in [2.24, 2.45) is 0 Å². The first-order valence-electron chi connectivity index (χ1n) is 8.88. The topological polar surface area (TPSA) is 120 Å². The summed E-state index contributed by atoms with van der Waals surface area (Å²) in [5, 5.41) is 0. The summed E-state index contributed by atoms with van der Waals surface area (Å²) in [5.74, 6) is 0. The van der Waals surface area contributed by atoms with Crippen molar-refractivity contribution in [2.45, 2.75) is 25.2 Å². The molecule has 2 aromatic heterocycles. The number of nitrogens with zero attached hydrogens (tertiary/aromatic N) is 4. The SMILES string of the molecule is O=P(O)(O)OC[C@@H]1CC[C@H](n2c(Br)nc3c(/C=C/c4ccccc4)ncnc32)O1. The van der Waals surface area contributed by atoms with Crippen LogP contribution < -0.4 is 0 Å². The van der Waals surface area contributed by atoms with Gasteiger partial charge in [0.1, 0.15) is 18.1 Å². The molecule has 1 aliphatic heterocycles. The maximum absolute atomic E-state index is 10.9. The number of hydrogen-bond donors (Lipinski definition) is 2. The lowest BCUT2D eigenvalue weighted by atomic mass is 10.2. The molecule has 11 heteroatoms. The van der Waals surface area contributed by atoms with Crippen LogP contribution in [0.5, 0.6) is 0 Å². The summed E-state index contributed by atoms with van der Waals surface area (Å²) in [6, 6.07) is 9.87. The molecule has 2 atom stereocenters. The van der Waals surface area contributed by atoms with E-state index in [1.807, 2.05) is 47.1 Å². The fourth-order valence-corrected chi connectivity index (χ4v) is 4.13. The van der Waals surface area contributed by atoms with Gasteiger partial charge in [0.05, 0.1) is 18.4 Å². The van der Waals surface area contributed by atoms with Gasteiger partial charge in [0, 0.05) is 0 Å². The molecule has 9 nitrogen and oxygen atoms in total. The molecule has 3 heterocycles. The first kappa shape index (κ1) is 20.3. The van der Waals surface area contributed by atoms with Crippen molar-refractivity contribution in [3.63, 3.8) is 0 Å². The highest BCUT2D eigenvalue weighted by Gasteiger charge is 2.31. The largest absolute Gasteiger partial charge is 0.469 e. The van der Waals surface area contributed by atoms with Crippen molar-refractivity contribution in [3.05, 3.63) is 52.7 Å². The molecule has 0 spiro atoms. The molecule has 0 amide bonds. The number of fused-ring (bicyclic) bond motifs is 1. The molecular weight excluding hydrogens is 463 g/mol. The van der Waals surface area contributed by atoms with Crippen LogP contribution in [0.1, 0.15) is 30.3 Å². The third-order valence-corrected chi connectivity index (χ3v) is 5.54. The molecule has 0 unspecified atom stereocenters. The quantitative estimate of drug-likeness (QED) is 0.406. The van der Waals surface area contributed by atoms with Gasteiger partial charge in [-0.25, -0.2) is 19.5 Å². The van der Waals surface area contributed by atoms with Crippen molar-refractivity contribution < 1.29 is 23.6 Å². The smallest absolute Gasteiger partial charge is 0.352 e. The Morgan fingerprint density at radius 2 is 2.03 bits per heavy atom. The maximum atomic E-state index is 10.9. The van der Waals surface area contributed by atoms with E-state index in [1.165, 1.54) is 6.33 Å². The second-order valence-corrected chi connectivity index (χ2v) is 8.45. The van der Waals surface area contributed by atoms with Gasteiger partial charge >= 0.3 is 7.82 Å². The molecule has 0 bridgehead atoms. The normalized spacial score (nSPS) is 20.1. The highest BCUT2D eigenvalue weighted by atomic mass is 79.9. The summed E-state index contributed by atoms with van der Waals surface area (Å²) in [5.41, 5.74) is 2.97. The zero-order valence-corrected chi connectivity index (χ0v) is 17.6. The van der Waals surface area contributed by atoms with E-state index in [9.17, 15) is 4.57 Å². The standard InChI is InChI=1S/C18H18BrN4O5P/c19-18-22-16-14(8-6-12-4-2-1-3-5-12)20-11-21-17(16)23(18)15-9-7-13(28-15)10-27-29(24,25)26/h1-6,8,11,13,15H,7,9-10H2,(H2,24,25,26)/b8-6+/t13-,15+/m0/s1. The fourth-order valence-electron chi connectivity index (χ4n) is 3.20. The molecule has 2 N–H and O–H groups in total. The summed E-state index contributed by atoms with van der Waals surface area (Å²) in [4.78, 5) is 31.0. The van der Waals surface area contributed by atoms with Gasteiger partial charge < -0.3 is 14.5 Å². The number of phosphoric acid groups is 1. The van der Waals surface area contributed by atoms with Crippen LogP contribution >= 0.6 is 23.8 Å². The lowest BCUT2D eigenvalue weighted by Crippen LogP contribution is -2.16. The summed E-state index contributed by atoms with van der Waals surface area (Å²) in [6.07, 6.45) is 5.75. The highest BCUT2D eigenvalue weighted by Crippen LogP contribution is 2.39. The van der Waals surface area contributed by atoms with E-state index < -0.39 is 13.9 Å².